The Morgan fingerprint density at radius 3 is 2.44 bits per heavy atom. The summed E-state index contributed by atoms with van der Waals surface area (Å²) in [7, 11) is 0. The van der Waals surface area contributed by atoms with Crippen LogP contribution in [0.15, 0.2) is 0 Å². The average molecular weight is 129 g/mol. The zero-order valence-corrected chi connectivity index (χ0v) is 5.47. The van der Waals surface area contributed by atoms with Crippen molar-refractivity contribution in [3.8, 4) is 0 Å². The molecule has 9 heavy (non-hydrogen) atoms. The predicted molar refractivity (Wildman–Crippen MR) is 36.3 cm³/mol. The molecule has 0 atom stereocenters. The number of hydrogen-bond acceptors (Lipinski definition) is 3. The minimum atomic E-state index is -0.225. The third kappa shape index (κ3) is 7.59. The van der Waals surface area contributed by atoms with E-state index >= 15 is 0 Å². The van der Waals surface area contributed by atoms with Crippen molar-refractivity contribution >= 4 is 6.29 Å². The van der Waals surface area contributed by atoms with Gasteiger partial charge in [-0.25, -0.2) is 0 Å². The Bertz CT molecular complexity index is 73.5. The predicted octanol–water partition coefficient (Wildman–Crippen LogP) is -0.100. The molecule has 0 aliphatic heterocycles. The molecule has 0 saturated carbocycles. The fourth-order valence-corrected chi connectivity index (χ4v) is 0.577. The van der Waals surface area contributed by atoms with Gasteiger partial charge in [0.15, 0.2) is 6.29 Å². The SMILES string of the molecule is NC(N)CCCC[C]=O. The number of rotatable bonds is 5. The van der Waals surface area contributed by atoms with E-state index in [-0.39, 0.29) is 6.17 Å². The van der Waals surface area contributed by atoms with Crippen molar-refractivity contribution in [2.75, 3.05) is 0 Å². The number of unbranched alkanes of at least 4 members (excludes halogenated alkanes) is 2. The van der Waals surface area contributed by atoms with Gasteiger partial charge in [0.05, 0.1) is 6.17 Å². The summed E-state index contributed by atoms with van der Waals surface area (Å²) in [6.45, 7) is 0. The molecule has 0 aliphatic rings. The topological polar surface area (TPSA) is 69.1 Å². The summed E-state index contributed by atoms with van der Waals surface area (Å²) in [5, 5.41) is 0. The van der Waals surface area contributed by atoms with Gasteiger partial charge in [-0.1, -0.05) is 6.42 Å². The lowest BCUT2D eigenvalue weighted by Gasteiger charge is -2.01. The highest BCUT2D eigenvalue weighted by molar-refractivity contribution is 5.50. The smallest absolute Gasteiger partial charge is 0.198 e. The van der Waals surface area contributed by atoms with Crippen LogP contribution in [0.5, 0.6) is 0 Å². The monoisotopic (exact) mass is 129 g/mol. The van der Waals surface area contributed by atoms with Crippen LogP contribution in [0.4, 0.5) is 0 Å². The normalized spacial score (nSPS) is 10.1. The van der Waals surface area contributed by atoms with Gasteiger partial charge in [-0.3, -0.25) is 4.79 Å². The largest absolute Gasteiger partial charge is 0.316 e. The fraction of sp³-hybridized carbons (Fsp3) is 0.833. The van der Waals surface area contributed by atoms with Gasteiger partial charge < -0.3 is 11.5 Å². The summed E-state index contributed by atoms with van der Waals surface area (Å²) < 4.78 is 0. The molecule has 0 aromatic heterocycles. The number of carbonyl (C=O) groups excluding carboxylic acids is 1. The van der Waals surface area contributed by atoms with Gasteiger partial charge in [-0.2, -0.15) is 0 Å². The van der Waals surface area contributed by atoms with Crippen LogP contribution < -0.4 is 11.5 Å². The molecule has 0 aliphatic carbocycles. The molecule has 0 unspecified atom stereocenters. The van der Waals surface area contributed by atoms with Crippen LogP contribution >= 0.6 is 0 Å². The summed E-state index contributed by atoms with van der Waals surface area (Å²) in [6, 6.07) is 0. The van der Waals surface area contributed by atoms with Crippen LogP contribution in [-0.2, 0) is 4.79 Å². The van der Waals surface area contributed by atoms with Gasteiger partial charge in [-0.05, 0) is 12.8 Å². The first-order valence-electron chi connectivity index (χ1n) is 3.13. The lowest BCUT2D eigenvalue weighted by molar-refractivity contribution is 0.537. The summed E-state index contributed by atoms with van der Waals surface area (Å²) in [4.78, 5) is 9.66. The second-order valence-electron chi connectivity index (χ2n) is 2.05. The van der Waals surface area contributed by atoms with Gasteiger partial charge in [0.25, 0.3) is 0 Å². The van der Waals surface area contributed by atoms with E-state index in [9.17, 15) is 4.79 Å². The number of nitrogens with two attached hydrogens (primary N) is 2. The van der Waals surface area contributed by atoms with E-state index in [4.69, 9.17) is 11.5 Å². The van der Waals surface area contributed by atoms with E-state index in [1.165, 1.54) is 0 Å². The highest BCUT2D eigenvalue weighted by Gasteiger charge is 1.92. The van der Waals surface area contributed by atoms with E-state index < -0.39 is 0 Å². The van der Waals surface area contributed by atoms with Crippen LogP contribution in [0.1, 0.15) is 25.7 Å². The van der Waals surface area contributed by atoms with Crippen LogP contribution in [0, 0.1) is 0 Å². The molecule has 0 heterocycles. The molecule has 0 fully saturated rings. The molecule has 3 nitrogen and oxygen atoms in total. The lowest BCUT2D eigenvalue weighted by atomic mass is 10.2. The van der Waals surface area contributed by atoms with Gasteiger partial charge in [0.1, 0.15) is 0 Å². The Morgan fingerprint density at radius 1 is 1.33 bits per heavy atom. The fourth-order valence-electron chi connectivity index (χ4n) is 0.577. The first kappa shape index (κ1) is 8.59. The lowest BCUT2D eigenvalue weighted by Crippen LogP contribution is -2.29. The molecule has 0 spiro atoms. The van der Waals surface area contributed by atoms with Gasteiger partial charge >= 0.3 is 0 Å². The third-order valence-corrected chi connectivity index (χ3v) is 1.07. The molecule has 53 valence electrons. The summed E-state index contributed by atoms with van der Waals surface area (Å²) in [5.74, 6) is 0. The Hall–Kier alpha value is -0.410. The second kappa shape index (κ2) is 5.72. The summed E-state index contributed by atoms with van der Waals surface area (Å²) in [6.07, 6.45) is 4.66. The standard InChI is InChI=1S/C6H13N2O/c7-6(8)4-2-1-3-5-9/h6H,1-4,7-8H2. The van der Waals surface area contributed by atoms with E-state index in [0.29, 0.717) is 6.42 Å². The summed E-state index contributed by atoms with van der Waals surface area (Å²) in [5.41, 5.74) is 10.5. The van der Waals surface area contributed by atoms with E-state index in [2.05, 4.69) is 0 Å². The molecular weight excluding hydrogens is 116 g/mol. The molecule has 4 N–H and O–H groups in total. The van der Waals surface area contributed by atoms with Crippen molar-refractivity contribution in [1.29, 1.82) is 0 Å². The Balaban J connectivity index is 2.82. The third-order valence-electron chi connectivity index (χ3n) is 1.07. The molecule has 0 amide bonds. The highest BCUT2D eigenvalue weighted by Crippen LogP contribution is 1.96. The molecule has 0 rings (SSSR count). The van der Waals surface area contributed by atoms with Crippen molar-refractivity contribution in [3.63, 3.8) is 0 Å². The van der Waals surface area contributed by atoms with Crippen molar-refractivity contribution in [2.24, 2.45) is 11.5 Å². The van der Waals surface area contributed by atoms with Crippen LogP contribution in [0.2, 0.25) is 0 Å². The van der Waals surface area contributed by atoms with Crippen LogP contribution in [-0.4, -0.2) is 12.5 Å². The zero-order chi connectivity index (χ0) is 7.11. The maximum Gasteiger partial charge on any atom is 0.198 e. The van der Waals surface area contributed by atoms with Crippen molar-refractivity contribution in [1.82, 2.24) is 0 Å². The van der Waals surface area contributed by atoms with E-state index in [1.54, 1.807) is 0 Å². The van der Waals surface area contributed by atoms with Crippen LogP contribution in [0.25, 0.3) is 0 Å². The van der Waals surface area contributed by atoms with Gasteiger partial charge in [0, 0.05) is 6.42 Å². The first-order valence-corrected chi connectivity index (χ1v) is 3.13. The molecular formula is C6H13N2O. The minimum absolute atomic E-state index is 0.225. The van der Waals surface area contributed by atoms with Crippen molar-refractivity contribution < 1.29 is 4.79 Å². The van der Waals surface area contributed by atoms with Crippen LogP contribution in [0.3, 0.4) is 0 Å². The Labute approximate surface area is 55.4 Å². The summed E-state index contributed by atoms with van der Waals surface area (Å²) >= 11 is 0. The first-order chi connectivity index (χ1) is 4.27. The van der Waals surface area contributed by atoms with Gasteiger partial charge in [-0.15, -0.1) is 0 Å². The molecule has 1 radical (unpaired) electrons. The number of hydrogen-bond donors (Lipinski definition) is 2. The van der Waals surface area contributed by atoms with E-state index in [1.807, 2.05) is 6.29 Å². The maximum atomic E-state index is 9.66. The quantitative estimate of drug-likeness (QED) is 0.402. The Kier molecular flexibility index (Phi) is 5.46. The maximum absolute atomic E-state index is 9.66. The minimum Gasteiger partial charge on any atom is -0.316 e. The highest BCUT2D eigenvalue weighted by atomic mass is 16.1. The average Bonchev–Trinajstić information content (AvgIpc) is 1.80. The molecule has 3 heteroatoms. The van der Waals surface area contributed by atoms with E-state index in [0.717, 1.165) is 19.3 Å². The molecule has 0 saturated heterocycles. The molecule has 0 bridgehead atoms. The zero-order valence-electron chi connectivity index (χ0n) is 5.47. The molecule has 0 aromatic rings. The van der Waals surface area contributed by atoms with Gasteiger partial charge in [0.2, 0.25) is 0 Å². The second-order valence-corrected chi connectivity index (χ2v) is 2.05. The van der Waals surface area contributed by atoms with Crippen molar-refractivity contribution in [3.05, 3.63) is 0 Å². The van der Waals surface area contributed by atoms with Crippen molar-refractivity contribution in [2.45, 2.75) is 31.8 Å². The Morgan fingerprint density at radius 2 is 2.00 bits per heavy atom. The molecule has 0 aromatic carbocycles.